The van der Waals surface area contributed by atoms with Gasteiger partial charge in [0, 0.05) is 18.0 Å². The fourth-order valence-electron chi connectivity index (χ4n) is 2.07. The predicted octanol–water partition coefficient (Wildman–Crippen LogP) is 1.90. The highest BCUT2D eigenvalue weighted by molar-refractivity contribution is 5.90. The standard InChI is InChI=1S/C13H17NO2/c1-9(2)12(15)13(16,10-6-7-10)11-5-3-4-8-14-11/h3-5,8-10,16H,6-7H2,1-2H3. The zero-order chi connectivity index (χ0) is 11.8. The average Bonchev–Trinajstić information content (AvgIpc) is 3.12. The highest BCUT2D eigenvalue weighted by atomic mass is 16.3. The summed E-state index contributed by atoms with van der Waals surface area (Å²) in [5, 5.41) is 10.6. The molecule has 1 heterocycles. The van der Waals surface area contributed by atoms with Crippen molar-refractivity contribution in [1.82, 2.24) is 4.98 Å². The van der Waals surface area contributed by atoms with E-state index in [1.54, 1.807) is 18.3 Å². The van der Waals surface area contributed by atoms with Gasteiger partial charge in [-0.05, 0) is 25.0 Å². The van der Waals surface area contributed by atoms with Gasteiger partial charge in [-0.15, -0.1) is 0 Å². The van der Waals surface area contributed by atoms with Crippen molar-refractivity contribution >= 4 is 5.78 Å². The maximum Gasteiger partial charge on any atom is 0.173 e. The third-order valence-electron chi connectivity index (χ3n) is 3.12. The van der Waals surface area contributed by atoms with E-state index in [0.29, 0.717) is 5.69 Å². The van der Waals surface area contributed by atoms with Crippen LogP contribution in [0.4, 0.5) is 0 Å². The molecule has 0 bridgehead atoms. The summed E-state index contributed by atoms with van der Waals surface area (Å²) in [6.45, 7) is 3.64. The summed E-state index contributed by atoms with van der Waals surface area (Å²) in [6, 6.07) is 5.33. The number of nitrogens with zero attached hydrogens (tertiary/aromatic N) is 1. The van der Waals surface area contributed by atoms with Gasteiger partial charge in [0.05, 0.1) is 5.69 Å². The van der Waals surface area contributed by atoms with Crippen LogP contribution in [-0.4, -0.2) is 15.9 Å². The largest absolute Gasteiger partial charge is 0.375 e. The van der Waals surface area contributed by atoms with Crippen LogP contribution in [0.5, 0.6) is 0 Å². The van der Waals surface area contributed by atoms with E-state index in [0.717, 1.165) is 12.8 Å². The highest BCUT2D eigenvalue weighted by Gasteiger charge is 2.51. The first-order valence-corrected chi connectivity index (χ1v) is 5.75. The number of carbonyl (C=O) groups is 1. The van der Waals surface area contributed by atoms with Crippen LogP contribution in [0.1, 0.15) is 32.4 Å². The molecule has 86 valence electrons. The number of hydrogen-bond acceptors (Lipinski definition) is 3. The van der Waals surface area contributed by atoms with Crippen LogP contribution in [0, 0.1) is 11.8 Å². The fourth-order valence-corrected chi connectivity index (χ4v) is 2.07. The van der Waals surface area contributed by atoms with Crippen molar-refractivity contribution in [3.8, 4) is 0 Å². The van der Waals surface area contributed by atoms with Gasteiger partial charge in [-0.25, -0.2) is 0 Å². The van der Waals surface area contributed by atoms with E-state index in [4.69, 9.17) is 0 Å². The second kappa shape index (κ2) is 3.98. The maximum absolute atomic E-state index is 12.2. The van der Waals surface area contributed by atoms with E-state index < -0.39 is 5.60 Å². The Morgan fingerprint density at radius 1 is 1.50 bits per heavy atom. The number of pyridine rings is 1. The Balaban J connectivity index is 2.40. The molecule has 1 saturated carbocycles. The third kappa shape index (κ3) is 1.76. The Bertz CT molecular complexity index is 384. The van der Waals surface area contributed by atoms with Crippen LogP contribution < -0.4 is 0 Å². The zero-order valence-corrected chi connectivity index (χ0v) is 9.68. The molecule has 16 heavy (non-hydrogen) atoms. The molecule has 1 N–H and O–H groups in total. The third-order valence-corrected chi connectivity index (χ3v) is 3.12. The molecule has 0 amide bonds. The molecule has 3 heteroatoms. The van der Waals surface area contributed by atoms with Gasteiger partial charge in [0.25, 0.3) is 0 Å². The summed E-state index contributed by atoms with van der Waals surface area (Å²) in [5.41, 5.74) is -0.869. The monoisotopic (exact) mass is 219 g/mol. The molecule has 1 aliphatic rings. The van der Waals surface area contributed by atoms with Gasteiger partial charge >= 0.3 is 0 Å². The topological polar surface area (TPSA) is 50.2 Å². The van der Waals surface area contributed by atoms with Gasteiger partial charge in [0.2, 0.25) is 0 Å². The van der Waals surface area contributed by atoms with Crippen molar-refractivity contribution in [2.24, 2.45) is 11.8 Å². The zero-order valence-electron chi connectivity index (χ0n) is 9.68. The Hall–Kier alpha value is -1.22. The van der Waals surface area contributed by atoms with E-state index in [9.17, 15) is 9.90 Å². The van der Waals surface area contributed by atoms with Crippen molar-refractivity contribution in [1.29, 1.82) is 0 Å². The summed E-state index contributed by atoms with van der Waals surface area (Å²) >= 11 is 0. The summed E-state index contributed by atoms with van der Waals surface area (Å²) in [4.78, 5) is 16.3. The Morgan fingerprint density at radius 3 is 2.62 bits per heavy atom. The quantitative estimate of drug-likeness (QED) is 0.841. The molecule has 1 aromatic heterocycles. The fraction of sp³-hybridized carbons (Fsp3) is 0.538. The molecule has 0 radical (unpaired) electrons. The van der Waals surface area contributed by atoms with Crippen molar-refractivity contribution in [2.75, 3.05) is 0 Å². The minimum atomic E-state index is -1.37. The number of ketones is 1. The van der Waals surface area contributed by atoms with Crippen molar-refractivity contribution < 1.29 is 9.90 Å². The van der Waals surface area contributed by atoms with E-state index in [2.05, 4.69) is 4.98 Å². The SMILES string of the molecule is CC(C)C(=O)C(O)(c1ccccn1)C1CC1. The lowest BCUT2D eigenvalue weighted by Crippen LogP contribution is -2.41. The number of aliphatic hydroxyl groups is 1. The van der Waals surface area contributed by atoms with Gasteiger partial charge < -0.3 is 5.11 Å². The number of carbonyl (C=O) groups excluding carboxylic acids is 1. The highest BCUT2D eigenvalue weighted by Crippen LogP contribution is 2.46. The van der Waals surface area contributed by atoms with Crippen LogP contribution in [0.3, 0.4) is 0 Å². The number of aromatic nitrogens is 1. The molecule has 3 nitrogen and oxygen atoms in total. The second-order valence-electron chi connectivity index (χ2n) is 4.77. The van der Waals surface area contributed by atoms with Crippen LogP contribution in [0.2, 0.25) is 0 Å². The maximum atomic E-state index is 12.2. The number of rotatable bonds is 4. The van der Waals surface area contributed by atoms with Gasteiger partial charge in [0.15, 0.2) is 11.4 Å². The molecule has 2 rings (SSSR count). The van der Waals surface area contributed by atoms with Crippen molar-refractivity contribution in [2.45, 2.75) is 32.3 Å². The molecule has 1 unspecified atom stereocenters. The summed E-state index contributed by atoms with van der Waals surface area (Å²) in [7, 11) is 0. The molecular formula is C13H17NO2. The van der Waals surface area contributed by atoms with Gasteiger partial charge in [-0.1, -0.05) is 19.9 Å². The molecule has 1 aromatic rings. The molecule has 1 atom stereocenters. The summed E-state index contributed by atoms with van der Waals surface area (Å²) < 4.78 is 0. The minimum Gasteiger partial charge on any atom is -0.375 e. The average molecular weight is 219 g/mol. The lowest BCUT2D eigenvalue weighted by molar-refractivity contribution is -0.144. The molecule has 0 spiro atoms. The Morgan fingerprint density at radius 2 is 2.19 bits per heavy atom. The lowest BCUT2D eigenvalue weighted by atomic mass is 9.83. The first-order chi connectivity index (χ1) is 7.56. The second-order valence-corrected chi connectivity index (χ2v) is 4.77. The van der Waals surface area contributed by atoms with E-state index in [1.807, 2.05) is 19.9 Å². The van der Waals surface area contributed by atoms with Gasteiger partial charge in [-0.2, -0.15) is 0 Å². The van der Waals surface area contributed by atoms with Crippen LogP contribution in [0.15, 0.2) is 24.4 Å². The first kappa shape index (κ1) is 11.3. The van der Waals surface area contributed by atoms with Gasteiger partial charge in [-0.3, -0.25) is 9.78 Å². The van der Waals surface area contributed by atoms with Crippen LogP contribution in [0.25, 0.3) is 0 Å². The Kier molecular flexibility index (Phi) is 2.80. The van der Waals surface area contributed by atoms with E-state index in [1.165, 1.54) is 0 Å². The van der Waals surface area contributed by atoms with E-state index >= 15 is 0 Å². The van der Waals surface area contributed by atoms with Gasteiger partial charge in [0.1, 0.15) is 0 Å². The molecule has 1 aliphatic carbocycles. The van der Waals surface area contributed by atoms with Crippen molar-refractivity contribution in [3.63, 3.8) is 0 Å². The smallest absolute Gasteiger partial charge is 0.173 e. The Labute approximate surface area is 95.5 Å². The number of hydrogen-bond donors (Lipinski definition) is 1. The molecule has 0 aliphatic heterocycles. The molecule has 0 aromatic carbocycles. The van der Waals surface area contributed by atoms with Crippen LogP contribution in [-0.2, 0) is 10.4 Å². The summed E-state index contributed by atoms with van der Waals surface area (Å²) in [5.74, 6) is -0.237. The predicted molar refractivity (Wildman–Crippen MR) is 60.7 cm³/mol. The summed E-state index contributed by atoms with van der Waals surface area (Å²) in [6.07, 6.45) is 3.44. The van der Waals surface area contributed by atoms with Crippen molar-refractivity contribution in [3.05, 3.63) is 30.1 Å². The molecule has 1 fully saturated rings. The molecule has 0 saturated heterocycles. The van der Waals surface area contributed by atoms with E-state index in [-0.39, 0.29) is 17.6 Å². The lowest BCUT2D eigenvalue weighted by Gasteiger charge is -2.27. The van der Waals surface area contributed by atoms with Crippen LogP contribution >= 0.6 is 0 Å². The first-order valence-electron chi connectivity index (χ1n) is 5.75. The molecular weight excluding hydrogens is 202 g/mol. The number of Topliss-reactive ketones (excluding diaryl/α,β-unsaturated/α-hetero) is 1. The normalized spacial score (nSPS) is 19.5. The minimum absolute atomic E-state index is 0.0531.